The monoisotopic (exact) mass is 304 g/mol. The minimum atomic E-state index is -0.944. The van der Waals surface area contributed by atoms with Gasteiger partial charge in [-0.3, -0.25) is 9.59 Å². The average molecular weight is 304 g/mol. The lowest BCUT2D eigenvalue weighted by molar-refractivity contribution is 0.0936. The second kappa shape index (κ2) is 6.75. The minimum absolute atomic E-state index is 0.123. The summed E-state index contributed by atoms with van der Waals surface area (Å²) in [4.78, 5) is 25.1. The number of aliphatic hydroxyl groups is 1. The first kappa shape index (κ1) is 16.2. The van der Waals surface area contributed by atoms with Gasteiger partial charge in [-0.15, -0.1) is 0 Å². The van der Waals surface area contributed by atoms with Crippen LogP contribution < -0.4 is 9.47 Å². The van der Waals surface area contributed by atoms with Gasteiger partial charge < -0.3 is 14.6 Å². The number of hydrogen-bond acceptors (Lipinski definition) is 5. The predicted octanol–water partition coefficient (Wildman–Crippen LogP) is 2.56. The van der Waals surface area contributed by atoms with Crippen LogP contribution in [0.5, 0.6) is 11.5 Å². The van der Waals surface area contributed by atoms with Crippen molar-refractivity contribution in [3.05, 3.63) is 34.9 Å². The number of rotatable bonds is 6. The maximum atomic E-state index is 12.7. The largest absolute Gasteiger partial charge is 0.496 e. The van der Waals surface area contributed by atoms with E-state index >= 15 is 0 Å². The van der Waals surface area contributed by atoms with Crippen molar-refractivity contribution in [1.82, 2.24) is 0 Å². The van der Waals surface area contributed by atoms with Crippen LogP contribution in [0.25, 0.3) is 0 Å². The van der Waals surface area contributed by atoms with Gasteiger partial charge in [0.2, 0.25) is 0 Å². The first-order valence-corrected chi connectivity index (χ1v) is 7.28. The molecular weight excluding hydrogens is 284 g/mol. The molecule has 0 saturated heterocycles. The van der Waals surface area contributed by atoms with Crippen LogP contribution in [0.15, 0.2) is 23.8 Å². The third-order valence-electron chi connectivity index (χ3n) is 3.78. The first-order valence-electron chi connectivity index (χ1n) is 7.28. The van der Waals surface area contributed by atoms with E-state index in [4.69, 9.17) is 9.47 Å². The van der Waals surface area contributed by atoms with Crippen molar-refractivity contribution in [2.45, 2.75) is 32.3 Å². The summed E-state index contributed by atoms with van der Waals surface area (Å²) < 4.78 is 10.4. The van der Waals surface area contributed by atoms with Gasteiger partial charge in [0, 0.05) is 5.57 Å². The number of ether oxygens (including phenoxy) is 2. The highest BCUT2D eigenvalue weighted by atomic mass is 16.5. The first-order chi connectivity index (χ1) is 10.5. The van der Waals surface area contributed by atoms with Gasteiger partial charge >= 0.3 is 0 Å². The lowest BCUT2D eigenvalue weighted by Gasteiger charge is -2.22. The van der Waals surface area contributed by atoms with Gasteiger partial charge in [-0.1, -0.05) is 19.8 Å². The van der Waals surface area contributed by atoms with Crippen LogP contribution in [-0.2, 0) is 0 Å². The lowest BCUT2D eigenvalue weighted by atomic mass is 9.85. The highest BCUT2D eigenvalue weighted by Crippen LogP contribution is 2.36. The predicted molar refractivity (Wildman–Crippen MR) is 81.8 cm³/mol. The Morgan fingerprint density at radius 2 is 1.68 bits per heavy atom. The number of methoxy groups -OCH3 is 2. The maximum absolute atomic E-state index is 12.7. The summed E-state index contributed by atoms with van der Waals surface area (Å²) in [6.07, 6.45) is 2.40. The number of unbranched alkanes of at least 4 members (excludes halogenated alkanes) is 1. The summed E-state index contributed by atoms with van der Waals surface area (Å²) >= 11 is 0. The fourth-order valence-corrected chi connectivity index (χ4v) is 2.60. The van der Waals surface area contributed by atoms with Crippen molar-refractivity contribution in [2.24, 2.45) is 0 Å². The SMILES string of the molecule is CCCCC(O)C1=CC(=O)c2c(OC)ccc(OC)c2C1=O. The highest BCUT2D eigenvalue weighted by molar-refractivity contribution is 6.27. The van der Waals surface area contributed by atoms with Crippen LogP contribution in [0.1, 0.15) is 46.9 Å². The standard InChI is InChI=1S/C17H20O5/c1-4-5-6-11(18)10-9-12(19)15-13(21-2)7-8-14(22-3)16(15)17(10)20/h7-9,11,18H,4-6H2,1-3H3. The van der Waals surface area contributed by atoms with E-state index in [1.165, 1.54) is 20.3 Å². The zero-order valence-electron chi connectivity index (χ0n) is 13.0. The Kier molecular flexibility index (Phi) is 4.98. The Morgan fingerprint density at radius 1 is 1.09 bits per heavy atom. The summed E-state index contributed by atoms with van der Waals surface area (Å²) in [5.41, 5.74) is 0.482. The Hall–Kier alpha value is -2.14. The molecule has 5 nitrogen and oxygen atoms in total. The van der Waals surface area contributed by atoms with Gasteiger partial charge in [0.1, 0.15) is 11.5 Å². The zero-order chi connectivity index (χ0) is 16.3. The van der Waals surface area contributed by atoms with Crippen LogP contribution in [0.4, 0.5) is 0 Å². The lowest BCUT2D eigenvalue weighted by Crippen LogP contribution is -2.26. The molecule has 1 N–H and O–H groups in total. The quantitative estimate of drug-likeness (QED) is 0.874. The minimum Gasteiger partial charge on any atom is -0.496 e. The van der Waals surface area contributed by atoms with E-state index in [0.29, 0.717) is 17.9 Å². The van der Waals surface area contributed by atoms with Crippen molar-refractivity contribution in [3.63, 3.8) is 0 Å². The molecule has 0 amide bonds. The van der Waals surface area contributed by atoms with E-state index in [9.17, 15) is 14.7 Å². The van der Waals surface area contributed by atoms with E-state index in [1.54, 1.807) is 12.1 Å². The normalized spacial score (nSPS) is 15.2. The molecular formula is C17H20O5. The number of fused-ring (bicyclic) bond motifs is 1. The van der Waals surface area contributed by atoms with Crippen LogP contribution in [0.3, 0.4) is 0 Å². The molecule has 0 spiro atoms. The number of Topliss-reactive ketones (excluding diaryl/α,β-unsaturated/α-hetero) is 1. The Balaban J connectivity index is 2.51. The van der Waals surface area contributed by atoms with Gasteiger partial charge in [-0.05, 0) is 24.6 Å². The molecule has 22 heavy (non-hydrogen) atoms. The number of hydrogen-bond donors (Lipinski definition) is 1. The fourth-order valence-electron chi connectivity index (χ4n) is 2.60. The van der Waals surface area contributed by atoms with E-state index in [1.807, 2.05) is 6.92 Å². The topological polar surface area (TPSA) is 72.8 Å². The molecule has 1 unspecified atom stereocenters. The van der Waals surface area contributed by atoms with Gasteiger partial charge in [0.05, 0.1) is 31.5 Å². The van der Waals surface area contributed by atoms with Gasteiger partial charge in [0.25, 0.3) is 0 Å². The number of carbonyl (C=O) groups is 2. The molecule has 0 radical (unpaired) electrons. The molecule has 0 heterocycles. The van der Waals surface area contributed by atoms with Crippen molar-refractivity contribution >= 4 is 11.6 Å². The van der Waals surface area contributed by atoms with E-state index < -0.39 is 6.10 Å². The van der Waals surface area contributed by atoms with Crippen LogP contribution in [0.2, 0.25) is 0 Å². The van der Waals surface area contributed by atoms with Crippen LogP contribution in [0, 0.1) is 0 Å². The summed E-state index contributed by atoms with van der Waals surface area (Å²) in [6, 6.07) is 3.18. The van der Waals surface area contributed by atoms with Gasteiger partial charge in [-0.25, -0.2) is 0 Å². The molecule has 118 valence electrons. The molecule has 1 aliphatic carbocycles. The maximum Gasteiger partial charge on any atom is 0.196 e. The van der Waals surface area contributed by atoms with E-state index in [-0.39, 0.29) is 28.3 Å². The van der Waals surface area contributed by atoms with Gasteiger partial charge in [0.15, 0.2) is 11.6 Å². The van der Waals surface area contributed by atoms with Crippen molar-refractivity contribution in [2.75, 3.05) is 14.2 Å². The second-order valence-electron chi connectivity index (χ2n) is 5.17. The average Bonchev–Trinajstić information content (AvgIpc) is 2.54. The third kappa shape index (κ3) is 2.76. The van der Waals surface area contributed by atoms with Crippen LogP contribution in [-0.4, -0.2) is 37.0 Å². The molecule has 0 aromatic heterocycles. The molecule has 1 aromatic carbocycles. The molecule has 1 atom stereocenters. The smallest absolute Gasteiger partial charge is 0.196 e. The molecule has 1 aromatic rings. The number of allylic oxidation sites excluding steroid dienone is 1. The summed E-state index contributed by atoms with van der Waals surface area (Å²) in [6.45, 7) is 2.00. The van der Waals surface area contributed by atoms with Crippen LogP contribution >= 0.6 is 0 Å². The summed E-state index contributed by atoms with van der Waals surface area (Å²) in [5, 5.41) is 10.2. The van der Waals surface area contributed by atoms with Crippen molar-refractivity contribution in [1.29, 1.82) is 0 Å². The number of carbonyl (C=O) groups excluding carboxylic acids is 2. The van der Waals surface area contributed by atoms with Crippen molar-refractivity contribution in [3.8, 4) is 11.5 Å². The van der Waals surface area contributed by atoms with E-state index in [2.05, 4.69) is 0 Å². The molecule has 0 bridgehead atoms. The second-order valence-corrected chi connectivity index (χ2v) is 5.17. The fraction of sp³-hybridized carbons (Fsp3) is 0.412. The number of aliphatic hydroxyl groups excluding tert-OH is 1. The van der Waals surface area contributed by atoms with Gasteiger partial charge in [-0.2, -0.15) is 0 Å². The molecule has 0 fully saturated rings. The molecule has 0 aliphatic heterocycles. The number of ketones is 2. The highest BCUT2D eigenvalue weighted by Gasteiger charge is 2.34. The summed E-state index contributed by atoms with van der Waals surface area (Å²) in [5.74, 6) is -0.0974. The molecule has 5 heteroatoms. The zero-order valence-corrected chi connectivity index (χ0v) is 13.0. The molecule has 0 saturated carbocycles. The Bertz CT molecular complexity index is 630. The third-order valence-corrected chi connectivity index (χ3v) is 3.78. The molecule has 1 aliphatic rings. The Labute approximate surface area is 129 Å². The summed E-state index contributed by atoms with van der Waals surface area (Å²) in [7, 11) is 2.88. The van der Waals surface area contributed by atoms with Crippen molar-refractivity contribution < 1.29 is 24.2 Å². The number of benzene rings is 1. The van der Waals surface area contributed by atoms with E-state index in [0.717, 1.165) is 12.8 Å². The Morgan fingerprint density at radius 3 is 2.23 bits per heavy atom. The molecule has 2 rings (SSSR count).